The van der Waals surface area contributed by atoms with Crippen LogP contribution < -0.4 is 20.9 Å². The average molecular weight is 291 g/mol. The highest BCUT2D eigenvalue weighted by atomic mass is 16.5. The van der Waals surface area contributed by atoms with Crippen molar-refractivity contribution in [3.05, 3.63) is 24.3 Å². The van der Waals surface area contributed by atoms with Crippen molar-refractivity contribution in [1.82, 2.24) is 5.43 Å². The number of nitrogens with two attached hydrogens (primary N) is 1. The first-order chi connectivity index (χ1) is 10.1. The van der Waals surface area contributed by atoms with Gasteiger partial charge in [0.05, 0.1) is 6.10 Å². The van der Waals surface area contributed by atoms with Crippen LogP contribution in [0.3, 0.4) is 0 Å². The summed E-state index contributed by atoms with van der Waals surface area (Å²) >= 11 is 0. The number of nitrogens with zero attached hydrogens (tertiary/aromatic N) is 1. The summed E-state index contributed by atoms with van der Waals surface area (Å²) < 4.78 is 5.79. The quantitative estimate of drug-likeness (QED) is 0.471. The highest BCUT2D eigenvalue weighted by Gasteiger charge is 2.22. The molecule has 0 radical (unpaired) electrons. The first-order valence-electron chi connectivity index (χ1n) is 7.16. The minimum absolute atomic E-state index is 0.105. The van der Waals surface area contributed by atoms with Crippen LogP contribution in [-0.2, 0) is 9.59 Å². The normalized spacial score (nSPS) is 15.9. The molecule has 1 aliphatic rings. The van der Waals surface area contributed by atoms with Gasteiger partial charge in [0.1, 0.15) is 5.75 Å². The van der Waals surface area contributed by atoms with Gasteiger partial charge in [0, 0.05) is 31.1 Å². The number of hydrogen-bond donors (Lipinski definition) is 2. The molecular weight excluding hydrogens is 270 g/mol. The van der Waals surface area contributed by atoms with E-state index >= 15 is 0 Å². The lowest BCUT2D eigenvalue weighted by atomic mass is 10.2. The predicted molar refractivity (Wildman–Crippen MR) is 79.7 cm³/mol. The number of rotatable bonds is 6. The van der Waals surface area contributed by atoms with Gasteiger partial charge in [0.2, 0.25) is 11.8 Å². The van der Waals surface area contributed by atoms with Gasteiger partial charge in [-0.2, -0.15) is 0 Å². The number of carbonyl (C=O) groups excluding carboxylic acids is 2. The van der Waals surface area contributed by atoms with Gasteiger partial charge < -0.3 is 9.64 Å². The molecule has 0 spiro atoms. The number of benzene rings is 1. The third-order valence-electron chi connectivity index (χ3n) is 3.48. The molecule has 0 saturated carbocycles. The van der Waals surface area contributed by atoms with Crippen LogP contribution in [0.5, 0.6) is 5.75 Å². The zero-order valence-electron chi connectivity index (χ0n) is 12.2. The topological polar surface area (TPSA) is 84.7 Å². The van der Waals surface area contributed by atoms with Crippen molar-refractivity contribution < 1.29 is 14.3 Å². The molecule has 1 atom stereocenters. The van der Waals surface area contributed by atoms with Crippen LogP contribution in [0.2, 0.25) is 0 Å². The fraction of sp³-hybridized carbons (Fsp3) is 0.467. The Labute approximate surface area is 124 Å². The Hall–Kier alpha value is -2.08. The first kappa shape index (κ1) is 15.3. The summed E-state index contributed by atoms with van der Waals surface area (Å²) in [5.74, 6) is 5.68. The fourth-order valence-corrected chi connectivity index (χ4v) is 2.34. The standard InChI is InChI=1S/C15H21N3O3/c1-11(7-8-14(19)17-16)21-13-5-2-4-12(10-13)18-9-3-6-15(18)20/h2,4-5,10-11H,3,6-9,16H2,1H3,(H,17,19). The highest BCUT2D eigenvalue weighted by Crippen LogP contribution is 2.26. The van der Waals surface area contributed by atoms with Crippen molar-refractivity contribution in [3.8, 4) is 5.75 Å². The SMILES string of the molecule is CC(CCC(=O)NN)Oc1cccc(N2CCCC2=O)c1. The van der Waals surface area contributed by atoms with Gasteiger partial charge in [-0.05, 0) is 31.9 Å². The van der Waals surface area contributed by atoms with Gasteiger partial charge in [-0.3, -0.25) is 15.0 Å². The third-order valence-corrected chi connectivity index (χ3v) is 3.48. The molecule has 1 aliphatic heterocycles. The van der Waals surface area contributed by atoms with Crippen molar-refractivity contribution in [1.29, 1.82) is 0 Å². The highest BCUT2D eigenvalue weighted by molar-refractivity contribution is 5.95. The summed E-state index contributed by atoms with van der Waals surface area (Å²) in [5.41, 5.74) is 2.96. The smallest absolute Gasteiger partial charge is 0.234 e. The molecule has 0 aliphatic carbocycles. The van der Waals surface area contributed by atoms with Crippen molar-refractivity contribution in [2.45, 2.75) is 38.7 Å². The second-order valence-corrected chi connectivity index (χ2v) is 5.18. The Morgan fingerprint density at radius 3 is 3.00 bits per heavy atom. The maximum Gasteiger partial charge on any atom is 0.234 e. The summed E-state index contributed by atoms with van der Waals surface area (Å²) in [6.45, 7) is 2.66. The van der Waals surface area contributed by atoms with Crippen LogP contribution in [-0.4, -0.2) is 24.5 Å². The number of ether oxygens (including phenoxy) is 1. The average Bonchev–Trinajstić information content (AvgIpc) is 2.91. The minimum atomic E-state index is -0.207. The molecule has 2 rings (SSSR count). The molecule has 0 bridgehead atoms. The summed E-state index contributed by atoms with van der Waals surface area (Å²) in [7, 11) is 0. The number of anilines is 1. The van der Waals surface area contributed by atoms with E-state index in [4.69, 9.17) is 10.6 Å². The van der Waals surface area contributed by atoms with Crippen molar-refractivity contribution in [2.24, 2.45) is 5.84 Å². The van der Waals surface area contributed by atoms with Crippen LogP contribution in [0.25, 0.3) is 0 Å². The van der Waals surface area contributed by atoms with Gasteiger partial charge in [0.25, 0.3) is 0 Å². The number of carbonyl (C=O) groups is 2. The Kier molecular flexibility index (Phi) is 5.16. The van der Waals surface area contributed by atoms with Gasteiger partial charge >= 0.3 is 0 Å². The number of nitrogens with one attached hydrogen (secondary N) is 1. The second-order valence-electron chi connectivity index (χ2n) is 5.18. The van der Waals surface area contributed by atoms with Crippen LogP contribution in [0, 0.1) is 0 Å². The molecule has 0 aromatic heterocycles. The van der Waals surface area contributed by atoms with Gasteiger partial charge in [-0.25, -0.2) is 5.84 Å². The van der Waals surface area contributed by atoms with E-state index in [0.29, 0.717) is 25.0 Å². The lowest BCUT2D eigenvalue weighted by molar-refractivity contribution is -0.121. The molecule has 1 aromatic rings. The second kappa shape index (κ2) is 7.08. The van der Waals surface area contributed by atoms with E-state index in [1.165, 1.54) is 0 Å². The van der Waals surface area contributed by atoms with Crippen molar-refractivity contribution in [2.75, 3.05) is 11.4 Å². The zero-order chi connectivity index (χ0) is 15.2. The maximum absolute atomic E-state index is 11.7. The minimum Gasteiger partial charge on any atom is -0.491 e. The monoisotopic (exact) mass is 291 g/mol. The van der Waals surface area contributed by atoms with Crippen LogP contribution in [0.4, 0.5) is 5.69 Å². The molecule has 2 amide bonds. The van der Waals surface area contributed by atoms with E-state index < -0.39 is 0 Å². The molecule has 6 heteroatoms. The molecule has 6 nitrogen and oxygen atoms in total. The number of amides is 2. The Bertz CT molecular complexity index is 519. The van der Waals surface area contributed by atoms with Gasteiger partial charge in [-0.1, -0.05) is 6.07 Å². The summed E-state index contributed by atoms with van der Waals surface area (Å²) in [6.07, 6.45) is 2.30. The maximum atomic E-state index is 11.7. The van der Waals surface area contributed by atoms with Crippen molar-refractivity contribution >= 4 is 17.5 Å². The third kappa shape index (κ3) is 4.19. The molecule has 3 N–H and O–H groups in total. The van der Waals surface area contributed by atoms with Crippen molar-refractivity contribution in [3.63, 3.8) is 0 Å². The molecular formula is C15H21N3O3. The van der Waals surface area contributed by atoms with Crippen LogP contribution >= 0.6 is 0 Å². The van der Waals surface area contributed by atoms with E-state index in [1.54, 1.807) is 4.90 Å². The van der Waals surface area contributed by atoms with E-state index in [9.17, 15) is 9.59 Å². The fourth-order valence-electron chi connectivity index (χ4n) is 2.34. The molecule has 1 heterocycles. The molecule has 1 fully saturated rings. The Balaban J connectivity index is 1.94. The molecule has 1 unspecified atom stereocenters. The largest absolute Gasteiger partial charge is 0.491 e. The number of hydrogen-bond acceptors (Lipinski definition) is 4. The van der Waals surface area contributed by atoms with Crippen LogP contribution in [0.1, 0.15) is 32.6 Å². The lowest BCUT2D eigenvalue weighted by Crippen LogP contribution is -2.30. The molecule has 21 heavy (non-hydrogen) atoms. The Morgan fingerprint density at radius 1 is 1.52 bits per heavy atom. The molecule has 114 valence electrons. The Morgan fingerprint density at radius 2 is 2.33 bits per heavy atom. The molecule has 1 aromatic carbocycles. The number of hydrazine groups is 1. The van der Waals surface area contributed by atoms with Gasteiger partial charge in [-0.15, -0.1) is 0 Å². The van der Waals surface area contributed by atoms with E-state index in [0.717, 1.165) is 18.7 Å². The van der Waals surface area contributed by atoms with E-state index in [1.807, 2.05) is 31.2 Å². The van der Waals surface area contributed by atoms with Crippen LogP contribution in [0.15, 0.2) is 24.3 Å². The zero-order valence-corrected chi connectivity index (χ0v) is 12.2. The summed E-state index contributed by atoms with van der Waals surface area (Å²) in [4.78, 5) is 24.6. The lowest BCUT2D eigenvalue weighted by Gasteiger charge is -2.19. The van der Waals surface area contributed by atoms with Gasteiger partial charge in [0.15, 0.2) is 0 Å². The summed E-state index contributed by atoms with van der Waals surface area (Å²) in [5, 5.41) is 0. The summed E-state index contributed by atoms with van der Waals surface area (Å²) in [6, 6.07) is 7.49. The van der Waals surface area contributed by atoms with E-state index in [2.05, 4.69) is 5.43 Å². The first-order valence-corrected chi connectivity index (χ1v) is 7.16. The predicted octanol–water partition coefficient (Wildman–Crippen LogP) is 1.35. The molecule has 1 saturated heterocycles. The van der Waals surface area contributed by atoms with E-state index in [-0.39, 0.29) is 17.9 Å².